The van der Waals surface area contributed by atoms with Crippen molar-refractivity contribution >= 4 is 16.9 Å². The number of aromatic nitrogens is 4. The van der Waals surface area contributed by atoms with Crippen molar-refractivity contribution in [3.05, 3.63) is 42.0 Å². The Morgan fingerprint density at radius 3 is 2.76 bits per heavy atom. The van der Waals surface area contributed by atoms with Crippen molar-refractivity contribution in [2.75, 3.05) is 12.3 Å². The number of hydrogen-bond acceptors (Lipinski definition) is 4. The summed E-state index contributed by atoms with van der Waals surface area (Å²) in [5.74, 6) is 1.43. The number of aliphatic hydroxyl groups is 1. The Balaban J connectivity index is 2.33. The van der Waals surface area contributed by atoms with Gasteiger partial charge in [0.1, 0.15) is 11.2 Å². The molecule has 21 heavy (non-hydrogen) atoms. The Kier molecular flexibility index (Phi) is 3.31. The average Bonchev–Trinajstić information content (AvgIpc) is 2.75. The molecule has 3 N–H and O–H groups in total. The zero-order valence-corrected chi connectivity index (χ0v) is 12.1. The molecule has 0 unspecified atom stereocenters. The van der Waals surface area contributed by atoms with Crippen LogP contribution in [0.1, 0.15) is 11.3 Å². The number of pyridine rings is 1. The van der Waals surface area contributed by atoms with Crippen LogP contribution in [0.15, 0.2) is 30.7 Å². The van der Waals surface area contributed by atoms with Crippen LogP contribution in [0.4, 0.5) is 5.82 Å². The summed E-state index contributed by atoms with van der Waals surface area (Å²) in [7, 11) is 0. The fourth-order valence-corrected chi connectivity index (χ4v) is 2.60. The van der Waals surface area contributed by atoms with Crippen LogP contribution >= 0.6 is 0 Å². The van der Waals surface area contributed by atoms with Gasteiger partial charge in [-0.05, 0) is 31.5 Å². The van der Waals surface area contributed by atoms with Crippen LogP contribution in [0.3, 0.4) is 0 Å². The van der Waals surface area contributed by atoms with Gasteiger partial charge in [-0.2, -0.15) is 0 Å². The lowest BCUT2D eigenvalue weighted by atomic mass is 10.2. The smallest absolute Gasteiger partial charge is 0.232 e. The minimum absolute atomic E-state index is 0.0288. The summed E-state index contributed by atoms with van der Waals surface area (Å²) in [6.07, 6.45) is 3.42. The third-order valence-electron chi connectivity index (χ3n) is 3.79. The molecule has 0 saturated heterocycles. The van der Waals surface area contributed by atoms with E-state index in [2.05, 4.69) is 9.97 Å². The van der Waals surface area contributed by atoms with E-state index < -0.39 is 0 Å². The second kappa shape index (κ2) is 5.14. The average molecular weight is 284 g/mol. The van der Waals surface area contributed by atoms with Crippen LogP contribution in [0.2, 0.25) is 0 Å². The number of nitrogens with zero attached hydrogens (tertiary/aromatic N) is 4. The van der Waals surface area contributed by atoms with E-state index in [0.717, 1.165) is 28.1 Å². The zero-order valence-electron chi connectivity index (χ0n) is 12.1. The van der Waals surface area contributed by atoms with Gasteiger partial charge in [-0.3, -0.25) is 4.57 Å². The van der Waals surface area contributed by atoms with E-state index in [1.165, 1.54) is 0 Å². The highest BCUT2D eigenvalue weighted by Gasteiger charge is 2.22. The summed E-state index contributed by atoms with van der Waals surface area (Å²) in [6, 6.07) is 5.77. The van der Waals surface area contributed by atoms with E-state index in [1.54, 1.807) is 17.1 Å². The quantitative estimate of drug-likeness (QED) is 0.700. The first kappa shape index (κ1) is 13.5. The predicted molar refractivity (Wildman–Crippen MR) is 80.0 cm³/mol. The summed E-state index contributed by atoms with van der Waals surface area (Å²) in [5.41, 5.74) is 9.17. The molecule has 0 amide bonds. The fourth-order valence-electron chi connectivity index (χ4n) is 2.60. The van der Waals surface area contributed by atoms with Crippen molar-refractivity contribution in [1.29, 1.82) is 0 Å². The van der Waals surface area contributed by atoms with Crippen molar-refractivity contribution in [2.45, 2.75) is 20.4 Å². The van der Waals surface area contributed by atoms with E-state index in [0.29, 0.717) is 12.4 Å². The van der Waals surface area contributed by atoms with Gasteiger partial charge < -0.3 is 10.8 Å². The highest BCUT2D eigenvalue weighted by atomic mass is 16.3. The minimum Gasteiger partial charge on any atom is -0.393 e. The molecule has 3 aromatic rings. The molecule has 0 aliphatic rings. The molecule has 0 spiro atoms. The Bertz CT molecular complexity index is 795. The topological polar surface area (TPSA) is 80.8 Å². The summed E-state index contributed by atoms with van der Waals surface area (Å²) in [4.78, 5) is 8.91. The maximum atomic E-state index is 9.10. The van der Waals surface area contributed by atoms with E-state index in [9.17, 15) is 0 Å². The van der Waals surface area contributed by atoms with Gasteiger partial charge in [0.05, 0.1) is 13.2 Å². The van der Waals surface area contributed by atoms with Gasteiger partial charge in [0, 0.05) is 11.9 Å². The molecule has 0 radical (unpaired) electrons. The Labute approximate surface area is 122 Å². The highest BCUT2D eigenvalue weighted by Crippen LogP contribution is 2.28. The third-order valence-corrected chi connectivity index (χ3v) is 3.79. The molecule has 3 heterocycles. The monoisotopic (exact) mass is 284 g/mol. The summed E-state index contributed by atoms with van der Waals surface area (Å²) >= 11 is 0. The molecule has 6 heteroatoms. The molecule has 6 nitrogen and oxygen atoms in total. The van der Waals surface area contributed by atoms with E-state index >= 15 is 0 Å². The van der Waals surface area contributed by atoms with Gasteiger partial charge in [0.15, 0.2) is 0 Å². The van der Waals surface area contributed by atoms with Gasteiger partial charge >= 0.3 is 0 Å². The lowest BCUT2D eigenvalue weighted by Gasteiger charge is -2.05. The first-order chi connectivity index (χ1) is 10.1. The number of aliphatic hydroxyl groups excluding tert-OH is 1. The number of aryl methyl sites for hydroxylation is 1. The molecular weight excluding hydrogens is 266 g/mol. The molecule has 0 aromatic carbocycles. The third kappa shape index (κ3) is 2.04. The number of rotatable bonds is 3. The van der Waals surface area contributed by atoms with Crippen molar-refractivity contribution < 1.29 is 9.67 Å². The number of fused-ring (bicyclic) bond motifs is 1. The van der Waals surface area contributed by atoms with Crippen molar-refractivity contribution in [3.8, 4) is 5.82 Å². The number of hydrogen-bond donors (Lipinski definition) is 2. The largest absolute Gasteiger partial charge is 0.393 e. The van der Waals surface area contributed by atoms with Gasteiger partial charge in [0.25, 0.3) is 0 Å². The maximum absolute atomic E-state index is 9.10. The van der Waals surface area contributed by atoms with E-state index in [4.69, 9.17) is 10.8 Å². The Morgan fingerprint density at radius 2 is 2.10 bits per heavy atom. The van der Waals surface area contributed by atoms with Crippen LogP contribution in [-0.2, 0) is 6.54 Å². The van der Waals surface area contributed by atoms with Crippen LogP contribution in [-0.4, -0.2) is 26.2 Å². The fraction of sp³-hybridized carbons (Fsp3) is 0.267. The molecule has 0 bridgehead atoms. The SMILES string of the molecule is Cc1c(C)n(-c2ccccn2)c2nc[n+](CCO)c(N)c12. The second-order valence-corrected chi connectivity index (χ2v) is 4.98. The minimum atomic E-state index is 0.0288. The van der Waals surface area contributed by atoms with Crippen LogP contribution < -0.4 is 10.3 Å². The molecule has 0 aliphatic carbocycles. The summed E-state index contributed by atoms with van der Waals surface area (Å²) in [6.45, 7) is 4.52. The molecular formula is C15H18N5O+. The lowest BCUT2D eigenvalue weighted by Crippen LogP contribution is -2.39. The first-order valence-corrected chi connectivity index (χ1v) is 6.83. The Hall–Kier alpha value is -2.47. The van der Waals surface area contributed by atoms with Crippen molar-refractivity contribution in [2.24, 2.45) is 0 Å². The molecule has 108 valence electrons. The summed E-state index contributed by atoms with van der Waals surface area (Å²) < 4.78 is 3.77. The summed E-state index contributed by atoms with van der Waals surface area (Å²) in [5, 5.41) is 10.0. The first-order valence-electron chi connectivity index (χ1n) is 6.83. The normalized spacial score (nSPS) is 11.2. The molecule has 0 atom stereocenters. The highest BCUT2D eigenvalue weighted by molar-refractivity contribution is 5.90. The standard InChI is InChI=1S/C15H17N5O/c1-10-11(2)20(12-5-3-4-6-17-12)15-13(10)14(16)19(7-8-21)9-18-15/h3-6,9,16,21H,7-8H2,1-2H3/p+1. The zero-order chi connectivity index (χ0) is 15.0. The Morgan fingerprint density at radius 1 is 1.29 bits per heavy atom. The molecule has 0 fully saturated rings. The van der Waals surface area contributed by atoms with E-state index in [-0.39, 0.29) is 6.61 Å². The van der Waals surface area contributed by atoms with Gasteiger partial charge in [-0.1, -0.05) is 11.1 Å². The number of nitrogen functional groups attached to an aromatic ring is 1. The van der Waals surface area contributed by atoms with Crippen LogP contribution in [0.25, 0.3) is 16.9 Å². The van der Waals surface area contributed by atoms with Gasteiger partial charge in [-0.15, -0.1) is 0 Å². The lowest BCUT2D eigenvalue weighted by molar-refractivity contribution is -0.685. The number of nitrogens with two attached hydrogens (primary N) is 1. The van der Waals surface area contributed by atoms with E-state index in [1.807, 2.05) is 36.6 Å². The second-order valence-electron chi connectivity index (χ2n) is 4.98. The molecule has 0 aliphatic heterocycles. The van der Waals surface area contributed by atoms with Crippen LogP contribution in [0.5, 0.6) is 0 Å². The molecule has 3 aromatic heterocycles. The predicted octanol–water partition coefficient (Wildman–Crippen LogP) is 0.899. The van der Waals surface area contributed by atoms with Gasteiger partial charge in [0.2, 0.25) is 17.8 Å². The van der Waals surface area contributed by atoms with Crippen molar-refractivity contribution in [1.82, 2.24) is 14.5 Å². The van der Waals surface area contributed by atoms with Gasteiger partial charge in [-0.25, -0.2) is 9.55 Å². The molecule has 3 rings (SSSR count). The number of anilines is 1. The molecule has 0 saturated carbocycles. The van der Waals surface area contributed by atoms with Crippen molar-refractivity contribution in [3.63, 3.8) is 0 Å². The maximum Gasteiger partial charge on any atom is 0.232 e. The van der Waals surface area contributed by atoms with Crippen LogP contribution in [0, 0.1) is 13.8 Å².